The molecule has 0 atom stereocenters. The second-order valence-electron chi connectivity index (χ2n) is 8.31. The molecule has 4 aromatic carbocycles. The summed E-state index contributed by atoms with van der Waals surface area (Å²) in [4.78, 5) is 6.77. The molecule has 0 saturated carbocycles. The van der Waals surface area contributed by atoms with Crippen molar-refractivity contribution < 1.29 is 0 Å². The second-order valence-corrected chi connectivity index (χ2v) is 8.31. The largest absolute Gasteiger partial charge is 0.342 e. The van der Waals surface area contributed by atoms with Crippen LogP contribution in [-0.2, 0) is 0 Å². The first-order chi connectivity index (χ1) is 16.6. The first-order valence-electron chi connectivity index (χ1n) is 11.9. The zero-order valence-electron chi connectivity index (χ0n) is 20.8. The van der Waals surface area contributed by atoms with E-state index >= 15 is 0 Å². The van der Waals surface area contributed by atoms with E-state index in [9.17, 15) is 0 Å². The Bertz CT molecular complexity index is 1470. The van der Waals surface area contributed by atoms with Gasteiger partial charge in [0.2, 0.25) is 0 Å². The fraction of sp³-hybridized carbons (Fsp3) is 0.156. The summed E-state index contributed by atoms with van der Waals surface area (Å²) in [5.74, 6) is 0. The van der Waals surface area contributed by atoms with Crippen LogP contribution in [0.5, 0.6) is 0 Å². The lowest BCUT2D eigenvalue weighted by Gasteiger charge is -2.26. The summed E-state index contributed by atoms with van der Waals surface area (Å²) in [6.07, 6.45) is 5.81. The molecular weight excluding hydrogens is 412 g/mol. The summed E-state index contributed by atoms with van der Waals surface area (Å²) in [6.45, 7) is 12.5. The Labute approximate surface area is 203 Å². The van der Waals surface area contributed by atoms with Crippen molar-refractivity contribution in [3.8, 4) is 11.1 Å². The van der Waals surface area contributed by atoms with Gasteiger partial charge >= 0.3 is 0 Å². The van der Waals surface area contributed by atoms with E-state index in [2.05, 4.69) is 110 Å². The van der Waals surface area contributed by atoms with Crippen molar-refractivity contribution in [2.75, 3.05) is 11.9 Å². The van der Waals surface area contributed by atoms with Gasteiger partial charge in [0.25, 0.3) is 0 Å². The van der Waals surface area contributed by atoms with Gasteiger partial charge in [0.15, 0.2) is 0 Å². The highest BCUT2D eigenvalue weighted by Crippen LogP contribution is 2.42. The van der Waals surface area contributed by atoms with Gasteiger partial charge in [0.05, 0.1) is 17.6 Å². The number of rotatable bonds is 4. The quantitative estimate of drug-likeness (QED) is 0.275. The minimum absolute atomic E-state index is 1.08. The van der Waals surface area contributed by atoms with E-state index in [1.165, 1.54) is 38.4 Å². The number of benzene rings is 4. The number of nitrogens with zero attached hydrogens (tertiary/aromatic N) is 2. The first kappa shape index (κ1) is 23.3. The molecule has 0 amide bonds. The average molecular weight is 445 g/mol. The molecule has 0 saturated heterocycles. The molecule has 0 spiro atoms. The van der Waals surface area contributed by atoms with E-state index in [0.717, 1.165) is 22.3 Å². The number of hydrogen-bond acceptors (Lipinski definition) is 2. The monoisotopic (exact) mass is 444 g/mol. The molecule has 0 aliphatic heterocycles. The van der Waals surface area contributed by atoms with E-state index in [-0.39, 0.29) is 0 Å². The molecule has 1 aromatic heterocycles. The minimum atomic E-state index is 1.08. The van der Waals surface area contributed by atoms with E-state index in [1.807, 2.05) is 32.3 Å². The zero-order valence-corrected chi connectivity index (χ0v) is 20.8. The molecule has 2 heteroatoms. The second kappa shape index (κ2) is 9.93. The molecule has 2 nitrogen and oxygen atoms in total. The van der Waals surface area contributed by atoms with E-state index < -0.39 is 0 Å². The van der Waals surface area contributed by atoms with Crippen LogP contribution < -0.4 is 4.90 Å². The third-order valence-corrected chi connectivity index (χ3v) is 6.39. The van der Waals surface area contributed by atoms with Crippen molar-refractivity contribution >= 4 is 39.0 Å². The molecular formula is C32H32N2. The van der Waals surface area contributed by atoms with E-state index in [4.69, 9.17) is 0 Å². The highest BCUT2D eigenvalue weighted by atomic mass is 15.1. The third kappa shape index (κ3) is 3.97. The summed E-state index contributed by atoms with van der Waals surface area (Å²) in [6, 6.07) is 25.9. The van der Waals surface area contributed by atoms with Crippen molar-refractivity contribution in [3.63, 3.8) is 0 Å². The number of pyridine rings is 1. The number of aromatic nitrogens is 1. The lowest BCUT2D eigenvalue weighted by atomic mass is 9.89. The normalized spacial score (nSPS) is 10.6. The SMILES string of the molecule is C=Cc1ccc2c(-c3ccccc3C)c(C)ccc2c1N(C)c1cncc2ccccc12.CC. The molecule has 0 bridgehead atoms. The van der Waals surface area contributed by atoms with Crippen molar-refractivity contribution in [2.45, 2.75) is 27.7 Å². The van der Waals surface area contributed by atoms with Gasteiger partial charge in [-0.3, -0.25) is 4.98 Å². The van der Waals surface area contributed by atoms with Gasteiger partial charge in [-0.05, 0) is 47.1 Å². The highest BCUT2D eigenvalue weighted by Gasteiger charge is 2.18. The van der Waals surface area contributed by atoms with Gasteiger partial charge in [0, 0.05) is 29.4 Å². The summed E-state index contributed by atoms with van der Waals surface area (Å²) in [7, 11) is 2.12. The van der Waals surface area contributed by atoms with Crippen LogP contribution >= 0.6 is 0 Å². The molecule has 170 valence electrons. The van der Waals surface area contributed by atoms with Crippen LogP contribution in [0, 0.1) is 13.8 Å². The Kier molecular flexibility index (Phi) is 6.79. The Morgan fingerprint density at radius 3 is 2.21 bits per heavy atom. The number of fused-ring (bicyclic) bond motifs is 2. The van der Waals surface area contributed by atoms with Gasteiger partial charge in [-0.25, -0.2) is 0 Å². The van der Waals surface area contributed by atoms with Crippen LogP contribution in [0.4, 0.5) is 11.4 Å². The fourth-order valence-electron chi connectivity index (χ4n) is 4.75. The minimum Gasteiger partial charge on any atom is -0.342 e. The standard InChI is InChI=1S/C30H26N2.C2H6/c1-5-22-15-17-26-27(16-14-21(3)29(26)24-12-8-6-10-20(24)2)30(22)32(4)28-19-31-18-23-11-7-9-13-25(23)28;1-2/h5-19H,1H2,2-4H3;1-2H3. The number of hydrogen-bond donors (Lipinski definition) is 0. The van der Waals surface area contributed by atoms with Crippen molar-refractivity contribution in [3.05, 3.63) is 108 Å². The van der Waals surface area contributed by atoms with Gasteiger partial charge < -0.3 is 4.90 Å². The van der Waals surface area contributed by atoms with Crippen LogP contribution in [0.25, 0.3) is 38.7 Å². The van der Waals surface area contributed by atoms with Gasteiger partial charge in [-0.15, -0.1) is 0 Å². The van der Waals surface area contributed by atoms with Gasteiger partial charge in [-0.1, -0.05) is 99.3 Å². The van der Waals surface area contributed by atoms with Gasteiger partial charge in [-0.2, -0.15) is 0 Å². The van der Waals surface area contributed by atoms with Crippen LogP contribution in [0.3, 0.4) is 0 Å². The van der Waals surface area contributed by atoms with Crippen molar-refractivity contribution in [1.82, 2.24) is 4.98 Å². The Morgan fingerprint density at radius 1 is 0.735 bits per heavy atom. The molecule has 5 aromatic rings. The van der Waals surface area contributed by atoms with Crippen molar-refractivity contribution in [2.24, 2.45) is 0 Å². The smallest absolute Gasteiger partial charge is 0.0674 e. The number of aryl methyl sites for hydroxylation is 2. The first-order valence-corrected chi connectivity index (χ1v) is 11.9. The number of anilines is 2. The summed E-state index contributed by atoms with van der Waals surface area (Å²) in [5.41, 5.74) is 8.46. The summed E-state index contributed by atoms with van der Waals surface area (Å²) in [5, 5.41) is 4.78. The third-order valence-electron chi connectivity index (χ3n) is 6.39. The predicted octanol–water partition coefficient (Wildman–Crippen LogP) is 9.11. The Hall–Kier alpha value is -3.91. The molecule has 1 heterocycles. The highest BCUT2D eigenvalue weighted by molar-refractivity contribution is 6.09. The maximum absolute atomic E-state index is 4.52. The van der Waals surface area contributed by atoms with Crippen LogP contribution in [0.15, 0.2) is 91.8 Å². The maximum atomic E-state index is 4.52. The molecule has 34 heavy (non-hydrogen) atoms. The van der Waals surface area contributed by atoms with Crippen LogP contribution in [0.1, 0.15) is 30.5 Å². The predicted molar refractivity (Wildman–Crippen MR) is 150 cm³/mol. The van der Waals surface area contributed by atoms with Crippen LogP contribution in [0.2, 0.25) is 0 Å². The fourth-order valence-corrected chi connectivity index (χ4v) is 4.75. The zero-order chi connectivity index (χ0) is 24.2. The Balaban J connectivity index is 0.00000133. The van der Waals surface area contributed by atoms with E-state index in [1.54, 1.807) is 0 Å². The average Bonchev–Trinajstić information content (AvgIpc) is 2.89. The molecule has 0 fully saturated rings. The Morgan fingerprint density at radius 2 is 1.44 bits per heavy atom. The van der Waals surface area contributed by atoms with Crippen molar-refractivity contribution in [1.29, 1.82) is 0 Å². The topological polar surface area (TPSA) is 16.1 Å². The van der Waals surface area contributed by atoms with Gasteiger partial charge in [0.1, 0.15) is 0 Å². The molecule has 0 unspecified atom stereocenters. The van der Waals surface area contributed by atoms with Crippen LogP contribution in [-0.4, -0.2) is 12.0 Å². The van der Waals surface area contributed by atoms with E-state index in [0.29, 0.717) is 0 Å². The lowest BCUT2D eigenvalue weighted by molar-refractivity contribution is 1.20. The summed E-state index contributed by atoms with van der Waals surface area (Å²) >= 11 is 0. The molecule has 5 rings (SSSR count). The molecule has 0 radical (unpaired) electrons. The lowest BCUT2D eigenvalue weighted by Crippen LogP contribution is -2.12. The molecule has 0 aliphatic rings. The molecule has 0 aliphatic carbocycles. The maximum Gasteiger partial charge on any atom is 0.0674 e. The molecule has 0 N–H and O–H groups in total. The summed E-state index contributed by atoms with van der Waals surface area (Å²) < 4.78 is 0.